The fourth-order valence-corrected chi connectivity index (χ4v) is 3.65. The number of Topliss-reactive ketones (excluding diaryl/α,β-unsaturated/α-hetero) is 1. The molecule has 0 aliphatic heterocycles. The fourth-order valence-electron chi connectivity index (χ4n) is 3.65. The SMILES string of the molecule is CC(=O)N[C@@]1(C(=O)C(CC(=O)OC(C)(C)C)C(=O)OC(C)(C)C)CC1c1ccccc1. The molecule has 1 aliphatic carbocycles. The number of ketones is 1. The summed E-state index contributed by atoms with van der Waals surface area (Å²) in [5.41, 5.74) is -1.98. The Morgan fingerprint density at radius 2 is 1.55 bits per heavy atom. The third kappa shape index (κ3) is 6.64. The van der Waals surface area contributed by atoms with E-state index in [0.29, 0.717) is 6.42 Å². The highest BCUT2D eigenvalue weighted by atomic mass is 16.6. The van der Waals surface area contributed by atoms with Crippen molar-refractivity contribution in [2.24, 2.45) is 5.92 Å². The van der Waals surface area contributed by atoms with E-state index in [-0.39, 0.29) is 11.8 Å². The van der Waals surface area contributed by atoms with Gasteiger partial charge in [0.25, 0.3) is 0 Å². The second kappa shape index (κ2) is 8.81. The van der Waals surface area contributed by atoms with Crippen LogP contribution in [0.2, 0.25) is 0 Å². The van der Waals surface area contributed by atoms with E-state index < -0.39 is 46.8 Å². The maximum atomic E-state index is 13.7. The highest BCUT2D eigenvalue weighted by Crippen LogP contribution is 2.53. The lowest BCUT2D eigenvalue weighted by atomic mass is 9.90. The lowest BCUT2D eigenvalue weighted by Gasteiger charge is -2.27. The molecule has 3 atom stereocenters. The Hall–Kier alpha value is -2.70. The number of carbonyl (C=O) groups is 4. The van der Waals surface area contributed by atoms with Crippen molar-refractivity contribution in [2.45, 2.75) is 84.0 Å². The van der Waals surface area contributed by atoms with Crippen molar-refractivity contribution < 1.29 is 28.7 Å². The number of hydrogen-bond acceptors (Lipinski definition) is 6. The van der Waals surface area contributed by atoms with Crippen molar-refractivity contribution >= 4 is 23.6 Å². The number of rotatable bonds is 7. The first kappa shape index (κ1) is 24.6. The molecule has 0 bridgehead atoms. The van der Waals surface area contributed by atoms with Gasteiger partial charge in [0.15, 0.2) is 5.78 Å². The van der Waals surface area contributed by atoms with Crippen LogP contribution in [-0.2, 0) is 28.7 Å². The Balaban J connectivity index is 2.37. The van der Waals surface area contributed by atoms with E-state index in [0.717, 1.165) is 5.56 Å². The van der Waals surface area contributed by atoms with Crippen LogP contribution in [-0.4, -0.2) is 40.4 Å². The number of ether oxygens (including phenoxy) is 2. The molecule has 1 amide bonds. The molecule has 0 aromatic heterocycles. The van der Waals surface area contributed by atoms with Gasteiger partial charge in [-0.2, -0.15) is 0 Å². The zero-order valence-corrected chi connectivity index (χ0v) is 19.4. The van der Waals surface area contributed by atoms with Gasteiger partial charge in [0.1, 0.15) is 22.7 Å². The summed E-state index contributed by atoms with van der Waals surface area (Å²) in [6.07, 6.45) is -0.100. The smallest absolute Gasteiger partial charge is 0.317 e. The Kier molecular flexibility index (Phi) is 6.98. The van der Waals surface area contributed by atoms with Gasteiger partial charge in [-0.3, -0.25) is 19.2 Å². The van der Waals surface area contributed by atoms with E-state index in [4.69, 9.17) is 9.47 Å². The van der Waals surface area contributed by atoms with E-state index in [1.54, 1.807) is 41.5 Å². The molecule has 7 nitrogen and oxygen atoms in total. The Morgan fingerprint density at radius 1 is 1.00 bits per heavy atom. The van der Waals surface area contributed by atoms with Gasteiger partial charge in [-0.15, -0.1) is 0 Å². The van der Waals surface area contributed by atoms with Crippen molar-refractivity contribution in [2.75, 3.05) is 0 Å². The van der Waals surface area contributed by atoms with Crippen LogP contribution in [0.25, 0.3) is 0 Å². The maximum Gasteiger partial charge on any atom is 0.317 e. The maximum absolute atomic E-state index is 13.7. The standard InChI is InChI=1S/C24H33NO6/c1-15(26)25-24(14-18(24)16-11-9-8-10-12-16)20(28)17(21(29)31-23(5,6)7)13-19(27)30-22(2,3)4/h8-12,17-18H,13-14H2,1-7H3,(H,25,26)/t17?,18?,24-/m0/s1. The normalized spacial score (nSPS) is 21.6. The summed E-state index contributed by atoms with van der Waals surface area (Å²) in [6, 6.07) is 9.31. The zero-order valence-electron chi connectivity index (χ0n) is 19.4. The molecule has 0 radical (unpaired) electrons. The van der Waals surface area contributed by atoms with Crippen LogP contribution in [0.1, 0.15) is 72.8 Å². The van der Waals surface area contributed by atoms with E-state index in [1.165, 1.54) is 6.92 Å². The van der Waals surface area contributed by atoms with Gasteiger partial charge in [0.05, 0.1) is 6.42 Å². The Labute approximate surface area is 183 Å². The molecule has 1 N–H and O–H groups in total. The lowest BCUT2D eigenvalue weighted by molar-refractivity contribution is -0.169. The summed E-state index contributed by atoms with van der Waals surface area (Å²) in [5.74, 6) is -4.05. The highest BCUT2D eigenvalue weighted by Gasteiger charge is 2.63. The molecule has 2 rings (SSSR count). The van der Waals surface area contributed by atoms with Crippen LogP contribution in [0, 0.1) is 5.92 Å². The van der Waals surface area contributed by atoms with E-state index in [2.05, 4.69) is 5.32 Å². The molecule has 2 unspecified atom stereocenters. The molecule has 31 heavy (non-hydrogen) atoms. The molecule has 7 heteroatoms. The lowest BCUT2D eigenvalue weighted by Crippen LogP contribution is -2.49. The second-order valence-corrected chi connectivity index (χ2v) is 10.1. The van der Waals surface area contributed by atoms with Gasteiger partial charge in [0.2, 0.25) is 5.91 Å². The van der Waals surface area contributed by atoms with Crippen molar-refractivity contribution in [1.29, 1.82) is 0 Å². The third-order valence-electron chi connectivity index (χ3n) is 4.80. The molecule has 1 aromatic rings. The first-order valence-electron chi connectivity index (χ1n) is 10.5. The monoisotopic (exact) mass is 431 g/mol. The molecular weight excluding hydrogens is 398 g/mol. The largest absolute Gasteiger partial charge is 0.460 e. The summed E-state index contributed by atoms with van der Waals surface area (Å²) in [4.78, 5) is 51.0. The molecule has 1 aromatic carbocycles. The topological polar surface area (TPSA) is 98.8 Å². The first-order valence-corrected chi connectivity index (χ1v) is 10.5. The molecule has 170 valence electrons. The number of hydrogen-bond donors (Lipinski definition) is 1. The summed E-state index contributed by atoms with van der Waals surface area (Å²) in [5, 5.41) is 2.75. The van der Waals surface area contributed by atoms with Crippen LogP contribution in [0.15, 0.2) is 30.3 Å². The molecular formula is C24H33NO6. The van der Waals surface area contributed by atoms with Gasteiger partial charge in [-0.05, 0) is 53.5 Å². The molecule has 1 aliphatic rings. The van der Waals surface area contributed by atoms with Crippen molar-refractivity contribution in [3.05, 3.63) is 35.9 Å². The van der Waals surface area contributed by atoms with Crippen molar-refractivity contribution in [1.82, 2.24) is 5.32 Å². The van der Waals surface area contributed by atoms with E-state index in [9.17, 15) is 19.2 Å². The van der Waals surface area contributed by atoms with E-state index >= 15 is 0 Å². The Bertz CT molecular complexity index is 849. The summed E-state index contributed by atoms with van der Waals surface area (Å²) in [7, 11) is 0. The minimum Gasteiger partial charge on any atom is -0.460 e. The number of carbonyl (C=O) groups excluding carboxylic acids is 4. The predicted molar refractivity (Wildman–Crippen MR) is 115 cm³/mol. The minimum atomic E-state index is -1.38. The van der Waals surface area contributed by atoms with Crippen LogP contribution < -0.4 is 5.32 Å². The molecule has 0 spiro atoms. The van der Waals surface area contributed by atoms with Crippen LogP contribution in [0.4, 0.5) is 0 Å². The van der Waals surface area contributed by atoms with E-state index in [1.807, 2.05) is 30.3 Å². The predicted octanol–water partition coefficient (Wildman–Crippen LogP) is 3.31. The van der Waals surface area contributed by atoms with Gasteiger partial charge in [0, 0.05) is 12.8 Å². The minimum absolute atomic E-state index is 0.284. The van der Waals surface area contributed by atoms with Crippen LogP contribution in [0.5, 0.6) is 0 Å². The van der Waals surface area contributed by atoms with Crippen molar-refractivity contribution in [3.63, 3.8) is 0 Å². The zero-order chi connectivity index (χ0) is 23.6. The third-order valence-corrected chi connectivity index (χ3v) is 4.80. The number of nitrogens with one attached hydrogen (secondary N) is 1. The molecule has 0 saturated heterocycles. The molecule has 1 fully saturated rings. The molecule has 0 heterocycles. The summed E-state index contributed by atoms with van der Waals surface area (Å²) >= 11 is 0. The average molecular weight is 432 g/mol. The number of amides is 1. The number of esters is 2. The summed E-state index contributed by atoms with van der Waals surface area (Å²) < 4.78 is 10.8. The van der Waals surface area contributed by atoms with Gasteiger partial charge < -0.3 is 14.8 Å². The van der Waals surface area contributed by atoms with Gasteiger partial charge >= 0.3 is 11.9 Å². The average Bonchev–Trinajstić information content (AvgIpc) is 3.31. The Morgan fingerprint density at radius 3 is 2.03 bits per heavy atom. The van der Waals surface area contributed by atoms with Crippen molar-refractivity contribution in [3.8, 4) is 0 Å². The van der Waals surface area contributed by atoms with Crippen LogP contribution >= 0.6 is 0 Å². The van der Waals surface area contributed by atoms with Crippen LogP contribution in [0.3, 0.4) is 0 Å². The number of benzene rings is 1. The highest BCUT2D eigenvalue weighted by molar-refractivity contribution is 6.09. The van der Waals surface area contributed by atoms with Gasteiger partial charge in [-0.1, -0.05) is 30.3 Å². The molecule has 1 saturated carbocycles. The first-order chi connectivity index (χ1) is 14.1. The van der Waals surface area contributed by atoms with Gasteiger partial charge in [-0.25, -0.2) is 0 Å². The second-order valence-electron chi connectivity index (χ2n) is 10.1. The fraction of sp³-hybridized carbons (Fsp3) is 0.583. The summed E-state index contributed by atoms with van der Waals surface area (Å²) in [6.45, 7) is 11.5. The quantitative estimate of drug-likeness (QED) is 0.525.